The van der Waals surface area contributed by atoms with E-state index in [0.717, 1.165) is 23.4 Å². The van der Waals surface area contributed by atoms with E-state index in [4.69, 9.17) is 4.74 Å². The van der Waals surface area contributed by atoms with E-state index in [0.29, 0.717) is 11.5 Å². The molecule has 5 heteroatoms. The number of nitrogens with zero attached hydrogens (tertiary/aromatic N) is 1. The number of allylic oxidation sites excluding steroid dienone is 1. The van der Waals surface area contributed by atoms with E-state index in [1.54, 1.807) is 0 Å². The van der Waals surface area contributed by atoms with Crippen molar-refractivity contribution in [2.24, 2.45) is 0 Å². The second-order valence-corrected chi connectivity index (χ2v) is 5.30. The van der Waals surface area contributed by atoms with Gasteiger partial charge in [-0.2, -0.15) is 13.2 Å². The molecular weight excluding hydrogens is 303 g/mol. The fraction of sp³-hybridized carbons (Fsp3) is 0.222. The van der Waals surface area contributed by atoms with Crippen molar-refractivity contribution in [1.29, 1.82) is 0 Å². The number of hydrogen-bond donors (Lipinski definition) is 0. The van der Waals surface area contributed by atoms with Crippen LogP contribution in [0.3, 0.4) is 0 Å². The fourth-order valence-corrected chi connectivity index (χ4v) is 1.96. The Morgan fingerprint density at radius 2 is 1.48 bits per heavy atom. The van der Waals surface area contributed by atoms with E-state index in [-0.39, 0.29) is 0 Å². The molecule has 0 N–H and O–H groups in total. The highest BCUT2D eigenvalue weighted by Crippen LogP contribution is 2.31. The van der Waals surface area contributed by atoms with Crippen LogP contribution in [0.25, 0.3) is 5.76 Å². The van der Waals surface area contributed by atoms with E-state index < -0.39 is 11.7 Å². The zero-order chi connectivity index (χ0) is 17.0. The Morgan fingerprint density at radius 1 is 0.913 bits per heavy atom. The van der Waals surface area contributed by atoms with Crippen LogP contribution >= 0.6 is 0 Å². The van der Waals surface area contributed by atoms with Crippen molar-refractivity contribution in [1.82, 2.24) is 4.90 Å². The maximum absolute atomic E-state index is 12.6. The van der Waals surface area contributed by atoms with E-state index in [1.165, 1.54) is 12.1 Å². The Labute approximate surface area is 133 Å². The zero-order valence-electron chi connectivity index (χ0n) is 13.2. The van der Waals surface area contributed by atoms with E-state index in [2.05, 4.69) is 0 Å². The molecule has 122 valence electrons. The van der Waals surface area contributed by atoms with Crippen molar-refractivity contribution in [3.8, 4) is 5.75 Å². The number of rotatable bonds is 4. The van der Waals surface area contributed by atoms with Crippen molar-refractivity contribution in [3.05, 3.63) is 71.4 Å². The summed E-state index contributed by atoms with van der Waals surface area (Å²) in [6.45, 7) is 1.90. The number of halogens is 3. The van der Waals surface area contributed by atoms with Gasteiger partial charge < -0.3 is 9.64 Å². The Balaban J connectivity index is 2.34. The summed E-state index contributed by atoms with van der Waals surface area (Å²) in [4.78, 5) is 1.90. The first-order valence-electron chi connectivity index (χ1n) is 7.08. The Morgan fingerprint density at radius 3 is 1.96 bits per heavy atom. The van der Waals surface area contributed by atoms with Crippen molar-refractivity contribution < 1.29 is 17.9 Å². The predicted molar refractivity (Wildman–Crippen MR) is 84.8 cm³/mol. The molecule has 23 heavy (non-hydrogen) atoms. The average Bonchev–Trinajstić information content (AvgIpc) is 2.52. The minimum absolute atomic E-state index is 0.359. The summed E-state index contributed by atoms with van der Waals surface area (Å²) in [6.07, 6.45) is -4.35. The molecule has 0 radical (unpaired) electrons. The molecule has 0 saturated carbocycles. The summed E-state index contributed by atoms with van der Waals surface area (Å²) in [6, 6.07) is 14.1. The van der Waals surface area contributed by atoms with Crippen LogP contribution in [0.15, 0.2) is 60.3 Å². The minimum atomic E-state index is -4.35. The average molecular weight is 321 g/mol. The molecule has 0 saturated heterocycles. The summed E-state index contributed by atoms with van der Waals surface area (Å²) >= 11 is 0. The third kappa shape index (κ3) is 4.28. The Bertz CT molecular complexity index is 674. The molecule has 2 rings (SSSR count). The highest BCUT2D eigenvalue weighted by atomic mass is 19.4. The van der Waals surface area contributed by atoms with Crippen molar-refractivity contribution in [2.75, 3.05) is 14.1 Å². The molecule has 0 aliphatic heterocycles. The minimum Gasteiger partial charge on any atom is -0.455 e. The summed E-state index contributed by atoms with van der Waals surface area (Å²) in [5, 5.41) is 0. The zero-order valence-corrected chi connectivity index (χ0v) is 13.2. The van der Waals surface area contributed by atoms with Crippen molar-refractivity contribution in [2.45, 2.75) is 13.1 Å². The molecule has 2 aromatic rings. The van der Waals surface area contributed by atoms with Crippen LogP contribution in [-0.2, 0) is 6.18 Å². The standard InChI is InChI=1S/C18H18F3NO/c1-13(22(2)3)17(14-7-5-4-6-8-14)23-16-11-9-15(10-12-16)18(19,20)21/h4-12H,1-3H3. The third-order valence-corrected chi connectivity index (χ3v) is 3.44. The van der Waals surface area contributed by atoms with Gasteiger partial charge in [0.1, 0.15) is 5.75 Å². The van der Waals surface area contributed by atoms with Crippen LogP contribution < -0.4 is 4.74 Å². The van der Waals surface area contributed by atoms with Gasteiger partial charge in [0.25, 0.3) is 0 Å². The summed E-state index contributed by atoms with van der Waals surface area (Å²) < 4.78 is 43.7. The largest absolute Gasteiger partial charge is 0.455 e. The second kappa shape index (κ2) is 6.77. The third-order valence-electron chi connectivity index (χ3n) is 3.44. The molecule has 0 heterocycles. The lowest BCUT2D eigenvalue weighted by molar-refractivity contribution is -0.137. The van der Waals surface area contributed by atoms with Crippen LogP contribution in [0.5, 0.6) is 5.75 Å². The predicted octanol–water partition coefficient (Wildman–Crippen LogP) is 5.03. The number of ether oxygens (including phenoxy) is 1. The van der Waals surface area contributed by atoms with Crippen LogP contribution in [0.2, 0.25) is 0 Å². The summed E-state index contributed by atoms with van der Waals surface area (Å²) in [5.41, 5.74) is 1.04. The molecule has 0 amide bonds. The summed E-state index contributed by atoms with van der Waals surface area (Å²) in [5.74, 6) is 0.966. The van der Waals surface area contributed by atoms with Gasteiger partial charge in [0.2, 0.25) is 0 Å². The van der Waals surface area contributed by atoms with Crippen LogP contribution in [0.1, 0.15) is 18.1 Å². The van der Waals surface area contributed by atoms with Gasteiger partial charge in [0.15, 0.2) is 5.76 Å². The molecular formula is C18H18F3NO. The van der Waals surface area contributed by atoms with E-state index in [9.17, 15) is 13.2 Å². The first-order chi connectivity index (χ1) is 10.8. The molecule has 0 aliphatic rings. The number of hydrogen-bond acceptors (Lipinski definition) is 2. The monoisotopic (exact) mass is 321 g/mol. The second-order valence-electron chi connectivity index (χ2n) is 5.30. The maximum atomic E-state index is 12.6. The van der Waals surface area contributed by atoms with Gasteiger partial charge in [-0.05, 0) is 31.2 Å². The van der Waals surface area contributed by atoms with Gasteiger partial charge in [-0.15, -0.1) is 0 Å². The van der Waals surface area contributed by atoms with Gasteiger partial charge in [0.05, 0.1) is 11.3 Å². The molecule has 2 aromatic carbocycles. The smallest absolute Gasteiger partial charge is 0.416 e. The fourth-order valence-electron chi connectivity index (χ4n) is 1.96. The molecule has 0 atom stereocenters. The highest BCUT2D eigenvalue weighted by Gasteiger charge is 2.30. The van der Waals surface area contributed by atoms with E-state index in [1.807, 2.05) is 56.3 Å². The summed E-state index contributed by atoms with van der Waals surface area (Å²) in [7, 11) is 3.77. The van der Waals surface area contributed by atoms with Crippen molar-refractivity contribution in [3.63, 3.8) is 0 Å². The lowest BCUT2D eigenvalue weighted by atomic mass is 10.1. The van der Waals surface area contributed by atoms with Gasteiger partial charge in [-0.25, -0.2) is 0 Å². The Kier molecular flexibility index (Phi) is 4.98. The first-order valence-corrected chi connectivity index (χ1v) is 7.08. The maximum Gasteiger partial charge on any atom is 0.416 e. The molecule has 0 aromatic heterocycles. The quantitative estimate of drug-likeness (QED) is 0.732. The van der Waals surface area contributed by atoms with Crippen molar-refractivity contribution >= 4 is 5.76 Å². The Hall–Kier alpha value is -2.43. The lowest BCUT2D eigenvalue weighted by Gasteiger charge is -2.20. The van der Waals surface area contributed by atoms with Gasteiger partial charge >= 0.3 is 6.18 Å². The normalized spacial score (nSPS) is 12.6. The topological polar surface area (TPSA) is 12.5 Å². The number of benzene rings is 2. The van der Waals surface area contributed by atoms with Crippen LogP contribution in [0.4, 0.5) is 13.2 Å². The van der Waals surface area contributed by atoms with Crippen LogP contribution in [-0.4, -0.2) is 19.0 Å². The molecule has 2 nitrogen and oxygen atoms in total. The lowest BCUT2D eigenvalue weighted by Crippen LogP contribution is -2.13. The van der Waals surface area contributed by atoms with E-state index >= 15 is 0 Å². The van der Waals surface area contributed by atoms with Crippen LogP contribution in [0, 0.1) is 0 Å². The molecule has 0 fully saturated rings. The first kappa shape index (κ1) is 16.9. The van der Waals surface area contributed by atoms with Gasteiger partial charge in [-0.3, -0.25) is 0 Å². The SMILES string of the molecule is CC(=C(Oc1ccc(C(F)(F)F)cc1)c1ccccc1)N(C)C. The molecule has 0 unspecified atom stereocenters. The number of alkyl halides is 3. The van der Waals surface area contributed by atoms with Gasteiger partial charge in [-0.1, -0.05) is 30.3 Å². The molecule has 0 bridgehead atoms. The molecule has 0 spiro atoms. The van der Waals surface area contributed by atoms with Gasteiger partial charge in [0, 0.05) is 19.7 Å². The molecule has 0 aliphatic carbocycles. The highest BCUT2D eigenvalue weighted by molar-refractivity contribution is 5.64.